The Bertz CT molecular complexity index is 1320. The van der Waals surface area contributed by atoms with Crippen LogP contribution in [0.25, 0.3) is 0 Å². The largest absolute Gasteiger partial charge is 0.493 e. The summed E-state index contributed by atoms with van der Waals surface area (Å²) in [6.45, 7) is 2.64. The van der Waals surface area contributed by atoms with Crippen LogP contribution >= 0.6 is 0 Å². The highest BCUT2D eigenvalue weighted by atomic mass is 19.1. The second kappa shape index (κ2) is 17.0. The third-order valence-electron chi connectivity index (χ3n) is 6.78. The summed E-state index contributed by atoms with van der Waals surface area (Å²) in [5.74, 6) is -0.849. The van der Waals surface area contributed by atoms with E-state index < -0.39 is 17.6 Å². The van der Waals surface area contributed by atoms with E-state index in [-0.39, 0.29) is 24.6 Å². The molecule has 1 amide bonds. The van der Waals surface area contributed by atoms with Gasteiger partial charge in [-0.15, -0.1) is 0 Å². The van der Waals surface area contributed by atoms with E-state index in [1.165, 1.54) is 26.4 Å². The van der Waals surface area contributed by atoms with Gasteiger partial charge in [-0.2, -0.15) is 0 Å². The van der Waals surface area contributed by atoms with Gasteiger partial charge in [0.15, 0.2) is 18.1 Å². The van der Waals surface area contributed by atoms with E-state index >= 15 is 0 Å². The summed E-state index contributed by atoms with van der Waals surface area (Å²) in [4.78, 5) is 26.7. The molecule has 0 bridgehead atoms. The standard InChI is InChI=1S/C33H39F2NO6/c1-4-5-6-7-10-18-36(22-25-14-15-26(34)21-28(25)35)32(37)23-42-30-16-13-24(20-31(30)39-2)17-19-41-29-12-9-8-11-27(29)33(38)40-3/h8-9,11-16,20-21H,4-7,10,17-19,22-23H2,1-3H3. The van der Waals surface area contributed by atoms with E-state index in [9.17, 15) is 18.4 Å². The quantitative estimate of drug-likeness (QED) is 0.129. The molecule has 0 aliphatic rings. The molecule has 0 unspecified atom stereocenters. The molecule has 0 heterocycles. The second-order valence-corrected chi connectivity index (χ2v) is 9.83. The number of esters is 1. The first-order valence-corrected chi connectivity index (χ1v) is 14.2. The summed E-state index contributed by atoms with van der Waals surface area (Å²) in [5, 5.41) is 0. The predicted molar refractivity (Wildman–Crippen MR) is 156 cm³/mol. The zero-order valence-electron chi connectivity index (χ0n) is 24.5. The average Bonchev–Trinajstić information content (AvgIpc) is 3.00. The summed E-state index contributed by atoms with van der Waals surface area (Å²) in [6, 6.07) is 15.6. The van der Waals surface area contributed by atoms with Crippen LogP contribution in [-0.4, -0.2) is 50.8 Å². The average molecular weight is 584 g/mol. The van der Waals surface area contributed by atoms with Crippen LogP contribution in [0.4, 0.5) is 8.78 Å². The summed E-state index contributed by atoms with van der Waals surface area (Å²) >= 11 is 0. The van der Waals surface area contributed by atoms with Crippen molar-refractivity contribution in [1.82, 2.24) is 4.90 Å². The molecule has 9 heteroatoms. The number of carbonyl (C=O) groups excluding carboxylic acids is 2. The number of methoxy groups -OCH3 is 2. The van der Waals surface area contributed by atoms with Gasteiger partial charge >= 0.3 is 5.97 Å². The third kappa shape index (κ3) is 9.75. The first kappa shape index (κ1) is 32.4. The minimum absolute atomic E-state index is 0.0251. The van der Waals surface area contributed by atoms with Crippen LogP contribution in [0.15, 0.2) is 60.7 Å². The number of carbonyl (C=O) groups is 2. The van der Waals surface area contributed by atoms with E-state index in [4.69, 9.17) is 18.9 Å². The van der Waals surface area contributed by atoms with Crippen molar-refractivity contribution in [2.24, 2.45) is 0 Å². The normalized spacial score (nSPS) is 10.7. The molecule has 0 radical (unpaired) electrons. The molecule has 0 atom stereocenters. The molecule has 0 N–H and O–H groups in total. The van der Waals surface area contributed by atoms with Gasteiger partial charge in [-0.3, -0.25) is 4.79 Å². The van der Waals surface area contributed by atoms with Crippen molar-refractivity contribution in [3.63, 3.8) is 0 Å². The lowest BCUT2D eigenvalue weighted by molar-refractivity contribution is -0.134. The maximum absolute atomic E-state index is 14.4. The zero-order valence-corrected chi connectivity index (χ0v) is 24.5. The van der Waals surface area contributed by atoms with E-state index in [0.29, 0.717) is 42.4 Å². The Hall–Kier alpha value is -4.14. The zero-order chi connectivity index (χ0) is 30.3. The minimum Gasteiger partial charge on any atom is -0.493 e. The lowest BCUT2D eigenvalue weighted by atomic mass is 10.1. The Morgan fingerprint density at radius 2 is 1.62 bits per heavy atom. The molecule has 0 aliphatic carbocycles. The lowest BCUT2D eigenvalue weighted by Crippen LogP contribution is -2.35. The number of halogens is 2. The van der Waals surface area contributed by atoms with Crippen LogP contribution in [0, 0.1) is 11.6 Å². The molecule has 42 heavy (non-hydrogen) atoms. The molecule has 3 aromatic carbocycles. The molecular formula is C33H39F2NO6. The Morgan fingerprint density at radius 1 is 0.833 bits per heavy atom. The Morgan fingerprint density at radius 3 is 2.36 bits per heavy atom. The fourth-order valence-corrected chi connectivity index (χ4v) is 4.42. The van der Waals surface area contributed by atoms with Crippen LogP contribution in [0.3, 0.4) is 0 Å². The third-order valence-corrected chi connectivity index (χ3v) is 6.78. The maximum Gasteiger partial charge on any atom is 0.341 e. The topological polar surface area (TPSA) is 74.3 Å². The van der Waals surface area contributed by atoms with Gasteiger partial charge in [0.2, 0.25) is 0 Å². The van der Waals surface area contributed by atoms with Crippen LogP contribution in [0.2, 0.25) is 0 Å². The Labute approximate surface area is 246 Å². The minimum atomic E-state index is -0.685. The fraction of sp³-hybridized carbons (Fsp3) is 0.394. The number of rotatable bonds is 17. The number of unbranched alkanes of at least 4 members (excludes halogenated alkanes) is 4. The van der Waals surface area contributed by atoms with Gasteiger partial charge in [0.25, 0.3) is 5.91 Å². The molecule has 0 saturated heterocycles. The summed E-state index contributed by atoms with van der Waals surface area (Å²) in [7, 11) is 2.83. The van der Waals surface area contributed by atoms with Crippen LogP contribution in [0.5, 0.6) is 17.2 Å². The Kier molecular flexibility index (Phi) is 13.1. The van der Waals surface area contributed by atoms with Gasteiger partial charge in [0.1, 0.15) is 22.9 Å². The molecule has 7 nitrogen and oxygen atoms in total. The molecule has 3 aromatic rings. The van der Waals surface area contributed by atoms with Crippen molar-refractivity contribution >= 4 is 11.9 Å². The molecule has 0 aromatic heterocycles. The van der Waals surface area contributed by atoms with Gasteiger partial charge in [-0.1, -0.05) is 56.9 Å². The van der Waals surface area contributed by atoms with Crippen molar-refractivity contribution in [1.29, 1.82) is 0 Å². The van der Waals surface area contributed by atoms with E-state index in [1.807, 2.05) is 6.07 Å². The summed E-state index contributed by atoms with van der Waals surface area (Å²) in [5.41, 5.74) is 1.50. The molecule has 3 rings (SSSR count). The van der Waals surface area contributed by atoms with E-state index in [0.717, 1.165) is 43.7 Å². The van der Waals surface area contributed by atoms with Gasteiger partial charge in [0, 0.05) is 31.1 Å². The number of para-hydroxylation sites is 1. The molecule has 0 saturated carbocycles. The molecule has 0 aliphatic heterocycles. The van der Waals surface area contributed by atoms with Gasteiger partial charge in [-0.25, -0.2) is 13.6 Å². The maximum atomic E-state index is 14.4. The van der Waals surface area contributed by atoms with Crippen LogP contribution in [-0.2, 0) is 22.5 Å². The number of nitrogens with zero attached hydrogens (tertiary/aromatic N) is 1. The molecule has 226 valence electrons. The highest BCUT2D eigenvalue weighted by molar-refractivity contribution is 5.92. The van der Waals surface area contributed by atoms with Crippen LogP contribution < -0.4 is 14.2 Å². The van der Waals surface area contributed by atoms with Crippen molar-refractivity contribution in [3.05, 3.63) is 89.0 Å². The SMILES string of the molecule is CCCCCCCN(Cc1ccc(F)cc1F)C(=O)COc1ccc(CCOc2ccccc2C(=O)OC)cc1OC. The second-order valence-electron chi connectivity index (χ2n) is 9.83. The first-order valence-electron chi connectivity index (χ1n) is 14.2. The van der Waals surface area contributed by atoms with Crippen molar-refractivity contribution in [2.75, 3.05) is 34.0 Å². The fourth-order valence-electron chi connectivity index (χ4n) is 4.42. The number of hydrogen-bond donors (Lipinski definition) is 0. The van der Waals surface area contributed by atoms with Gasteiger partial charge < -0.3 is 23.8 Å². The monoisotopic (exact) mass is 583 g/mol. The number of ether oxygens (including phenoxy) is 4. The van der Waals surface area contributed by atoms with Crippen molar-refractivity contribution in [2.45, 2.75) is 52.0 Å². The summed E-state index contributed by atoms with van der Waals surface area (Å²) < 4.78 is 49.7. The highest BCUT2D eigenvalue weighted by Crippen LogP contribution is 2.29. The van der Waals surface area contributed by atoms with Crippen LogP contribution in [0.1, 0.15) is 60.5 Å². The first-order chi connectivity index (χ1) is 20.4. The molecule has 0 spiro atoms. The van der Waals surface area contributed by atoms with Gasteiger partial charge in [-0.05, 0) is 42.3 Å². The smallest absolute Gasteiger partial charge is 0.341 e. The van der Waals surface area contributed by atoms with Gasteiger partial charge in [0.05, 0.1) is 20.8 Å². The summed E-state index contributed by atoms with van der Waals surface area (Å²) in [6.07, 6.45) is 5.55. The van der Waals surface area contributed by atoms with Crippen molar-refractivity contribution in [3.8, 4) is 17.2 Å². The predicted octanol–water partition coefficient (Wildman–Crippen LogP) is 6.76. The van der Waals surface area contributed by atoms with E-state index in [2.05, 4.69) is 6.92 Å². The molecule has 0 fully saturated rings. The lowest BCUT2D eigenvalue weighted by Gasteiger charge is -2.23. The van der Waals surface area contributed by atoms with E-state index in [1.54, 1.807) is 41.3 Å². The molecular weight excluding hydrogens is 544 g/mol. The number of hydrogen-bond acceptors (Lipinski definition) is 6. The Balaban J connectivity index is 1.61. The number of amides is 1. The number of benzene rings is 3. The van der Waals surface area contributed by atoms with Crippen molar-refractivity contribution < 1.29 is 37.3 Å². The highest BCUT2D eigenvalue weighted by Gasteiger charge is 2.18.